The smallest absolute Gasteiger partial charge is 0.243 e. The normalized spacial score (nSPS) is 12.0. The van der Waals surface area contributed by atoms with E-state index < -0.39 is 10.0 Å². The summed E-state index contributed by atoms with van der Waals surface area (Å²) in [5, 5.41) is 1.70. The average molecular weight is 338 g/mol. The highest BCUT2D eigenvalue weighted by Crippen LogP contribution is 2.31. The Morgan fingerprint density at radius 2 is 1.64 bits per heavy atom. The molecule has 2 aromatic carbocycles. The summed E-state index contributed by atoms with van der Waals surface area (Å²) in [6.07, 6.45) is 0.729. The van der Waals surface area contributed by atoms with Gasteiger partial charge in [0, 0.05) is 44.1 Å². The molecule has 2 aromatic rings. The minimum absolute atomic E-state index is 0.357. The lowest BCUT2D eigenvalue weighted by molar-refractivity contribution is 0.470. The molecular weight excluding hydrogens is 316 g/mol. The Bertz CT molecular complexity index is 758. The van der Waals surface area contributed by atoms with Crippen molar-refractivity contribution in [1.82, 2.24) is 4.31 Å². The number of nitrogens with zero attached hydrogens (tertiary/aromatic N) is 2. The van der Waals surface area contributed by atoms with Crippen LogP contribution in [0, 0.1) is 0 Å². The molecule has 4 nitrogen and oxygen atoms in total. The molecule has 0 aromatic heterocycles. The maximum absolute atomic E-state index is 12.8. The second kappa shape index (κ2) is 6.89. The standard InChI is InChI=1S/C16H22N2O2S2/c1-17(2)15-9-4-8-14-13(15)7-5-10-16(14)22(19,20)18(3)11-6-12-21/h4-5,7-10,21H,6,11-12H2,1-3H3. The summed E-state index contributed by atoms with van der Waals surface area (Å²) < 4.78 is 27.0. The molecular formula is C16H22N2O2S2. The fraction of sp³-hybridized carbons (Fsp3) is 0.375. The number of fused-ring (bicyclic) bond motifs is 1. The molecule has 6 heteroatoms. The van der Waals surface area contributed by atoms with E-state index in [0.29, 0.717) is 17.2 Å². The van der Waals surface area contributed by atoms with Gasteiger partial charge in [0.15, 0.2) is 0 Å². The van der Waals surface area contributed by atoms with Gasteiger partial charge in [0.1, 0.15) is 0 Å². The molecule has 0 aliphatic heterocycles. The molecule has 22 heavy (non-hydrogen) atoms. The molecule has 0 aliphatic rings. The molecule has 0 fully saturated rings. The zero-order valence-corrected chi connectivity index (χ0v) is 14.9. The summed E-state index contributed by atoms with van der Waals surface area (Å²) in [6.45, 7) is 0.468. The van der Waals surface area contributed by atoms with E-state index in [9.17, 15) is 8.42 Å². The van der Waals surface area contributed by atoms with Gasteiger partial charge >= 0.3 is 0 Å². The first-order chi connectivity index (χ1) is 10.4. The number of hydrogen-bond acceptors (Lipinski definition) is 4. The van der Waals surface area contributed by atoms with Crippen LogP contribution < -0.4 is 4.90 Å². The van der Waals surface area contributed by atoms with Gasteiger partial charge in [0.2, 0.25) is 10.0 Å². The molecule has 0 amide bonds. The van der Waals surface area contributed by atoms with Crippen molar-refractivity contribution in [3.05, 3.63) is 36.4 Å². The Morgan fingerprint density at radius 3 is 2.27 bits per heavy atom. The van der Waals surface area contributed by atoms with Crippen LogP contribution in [-0.2, 0) is 10.0 Å². The summed E-state index contributed by atoms with van der Waals surface area (Å²) in [4.78, 5) is 2.35. The third-order valence-corrected chi connectivity index (χ3v) is 5.89. The molecule has 0 spiro atoms. The SMILES string of the molecule is CN(C)c1cccc2c(S(=O)(=O)N(C)CCCS)cccc12. The molecule has 0 radical (unpaired) electrons. The highest BCUT2D eigenvalue weighted by atomic mass is 32.2. The number of anilines is 1. The van der Waals surface area contributed by atoms with E-state index in [0.717, 1.165) is 22.9 Å². The minimum atomic E-state index is -3.50. The Morgan fingerprint density at radius 1 is 1.00 bits per heavy atom. The van der Waals surface area contributed by atoms with Gasteiger partial charge in [-0.3, -0.25) is 0 Å². The number of sulfonamides is 1. The van der Waals surface area contributed by atoms with E-state index in [1.807, 2.05) is 43.3 Å². The summed E-state index contributed by atoms with van der Waals surface area (Å²) in [7, 11) is 2.03. The highest BCUT2D eigenvalue weighted by molar-refractivity contribution is 7.89. The highest BCUT2D eigenvalue weighted by Gasteiger charge is 2.23. The van der Waals surface area contributed by atoms with Crippen LogP contribution in [0.3, 0.4) is 0 Å². The largest absolute Gasteiger partial charge is 0.377 e. The fourth-order valence-electron chi connectivity index (χ4n) is 2.46. The monoisotopic (exact) mass is 338 g/mol. The summed E-state index contributed by atoms with van der Waals surface area (Å²) in [5.41, 5.74) is 1.01. The predicted molar refractivity (Wildman–Crippen MR) is 96.6 cm³/mol. The third kappa shape index (κ3) is 3.24. The van der Waals surface area contributed by atoms with Gasteiger partial charge in [-0.15, -0.1) is 0 Å². The zero-order valence-electron chi connectivity index (χ0n) is 13.2. The van der Waals surface area contributed by atoms with Gasteiger partial charge < -0.3 is 4.90 Å². The van der Waals surface area contributed by atoms with E-state index in [2.05, 4.69) is 12.6 Å². The van der Waals surface area contributed by atoms with Gasteiger partial charge in [0.25, 0.3) is 0 Å². The van der Waals surface area contributed by atoms with Crippen LogP contribution in [0.4, 0.5) is 5.69 Å². The number of hydrogen-bond donors (Lipinski definition) is 1. The van der Waals surface area contributed by atoms with Crippen molar-refractivity contribution < 1.29 is 8.42 Å². The number of rotatable bonds is 6. The van der Waals surface area contributed by atoms with Crippen molar-refractivity contribution in [2.24, 2.45) is 0 Å². The lowest BCUT2D eigenvalue weighted by Gasteiger charge is -2.20. The Balaban J connectivity index is 2.59. The van der Waals surface area contributed by atoms with Crippen LogP contribution >= 0.6 is 12.6 Å². The van der Waals surface area contributed by atoms with Gasteiger partial charge in [0.05, 0.1) is 4.90 Å². The van der Waals surface area contributed by atoms with Crippen LogP contribution in [0.2, 0.25) is 0 Å². The van der Waals surface area contributed by atoms with E-state index in [4.69, 9.17) is 0 Å². The molecule has 0 bridgehead atoms. The summed E-state index contributed by atoms with van der Waals surface area (Å²) in [5.74, 6) is 0.667. The Kier molecular flexibility index (Phi) is 5.36. The average Bonchev–Trinajstić information content (AvgIpc) is 2.50. The van der Waals surface area contributed by atoms with E-state index >= 15 is 0 Å². The van der Waals surface area contributed by atoms with Gasteiger partial charge in [-0.2, -0.15) is 12.6 Å². The summed E-state index contributed by atoms with van der Waals surface area (Å²) >= 11 is 4.15. The topological polar surface area (TPSA) is 40.6 Å². The Labute approximate surface area is 138 Å². The fourth-order valence-corrected chi connectivity index (χ4v) is 4.01. The molecule has 0 heterocycles. The van der Waals surface area contributed by atoms with Gasteiger partial charge in [-0.25, -0.2) is 12.7 Å². The second-order valence-electron chi connectivity index (χ2n) is 5.43. The third-order valence-electron chi connectivity index (χ3n) is 3.66. The van der Waals surface area contributed by atoms with Crippen LogP contribution in [-0.4, -0.2) is 46.2 Å². The van der Waals surface area contributed by atoms with Crippen molar-refractivity contribution in [3.63, 3.8) is 0 Å². The molecule has 0 saturated heterocycles. The van der Waals surface area contributed by atoms with Gasteiger partial charge in [-0.1, -0.05) is 24.3 Å². The zero-order chi connectivity index (χ0) is 16.3. The summed E-state index contributed by atoms with van der Waals surface area (Å²) in [6, 6.07) is 11.2. The van der Waals surface area contributed by atoms with Crippen molar-refractivity contribution in [2.75, 3.05) is 38.3 Å². The van der Waals surface area contributed by atoms with Crippen LogP contribution in [0.1, 0.15) is 6.42 Å². The first kappa shape index (κ1) is 17.1. The molecule has 0 N–H and O–H groups in total. The molecule has 0 saturated carbocycles. The maximum Gasteiger partial charge on any atom is 0.243 e. The van der Waals surface area contributed by atoms with Crippen LogP contribution in [0.5, 0.6) is 0 Å². The van der Waals surface area contributed by atoms with E-state index in [-0.39, 0.29) is 0 Å². The minimum Gasteiger partial charge on any atom is -0.377 e. The lowest BCUT2D eigenvalue weighted by atomic mass is 10.1. The van der Waals surface area contributed by atoms with Gasteiger partial charge in [-0.05, 0) is 24.3 Å². The molecule has 0 unspecified atom stereocenters. The van der Waals surface area contributed by atoms with Crippen molar-refractivity contribution in [3.8, 4) is 0 Å². The molecule has 2 rings (SSSR count). The van der Waals surface area contributed by atoms with E-state index in [1.54, 1.807) is 19.2 Å². The van der Waals surface area contributed by atoms with Crippen LogP contribution in [0.25, 0.3) is 10.8 Å². The first-order valence-electron chi connectivity index (χ1n) is 7.16. The molecule has 0 atom stereocenters. The van der Waals surface area contributed by atoms with E-state index in [1.165, 1.54) is 4.31 Å². The first-order valence-corrected chi connectivity index (χ1v) is 9.23. The second-order valence-corrected chi connectivity index (χ2v) is 7.89. The van der Waals surface area contributed by atoms with Crippen molar-refractivity contribution >= 4 is 39.1 Å². The van der Waals surface area contributed by atoms with Crippen LogP contribution in [0.15, 0.2) is 41.3 Å². The quantitative estimate of drug-likeness (QED) is 0.824. The lowest BCUT2D eigenvalue weighted by Crippen LogP contribution is -2.28. The maximum atomic E-state index is 12.8. The molecule has 120 valence electrons. The predicted octanol–water partition coefficient (Wildman–Crippen LogP) is 2.85. The van der Waals surface area contributed by atoms with Crippen molar-refractivity contribution in [1.29, 1.82) is 0 Å². The molecule has 0 aliphatic carbocycles. The Hall–Kier alpha value is -1.24. The van der Waals surface area contributed by atoms with Crippen molar-refractivity contribution in [2.45, 2.75) is 11.3 Å². The number of benzene rings is 2. The number of thiol groups is 1.